The van der Waals surface area contributed by atoms with Gasteiger partial charge in [0.2, 0.25) is 11.7 Å². The molecule has 1 aliphatic heterocycles. The molecular weight excluding hydrogens is 375 g/mol. The lowest BCUT2D eigenvalue weighted by Gasteiger charge is -2.33. The normalized spacial score (nSPS) is 16.5. The number of carbonyl (C=O) groups is 1. The van der Waals surface area contributed by atoms with Crippen LogP contribution in [0.4, 0.5) is 14.9 Å². The van der Waals surface area contributed by atoms with E-state index in [0.717, 1.165) is 19.3 Å². The molecule has 0 radical (unpaired) electrons. The molecule has 1 atom stereocenters. The van der Waals surface area contributed by atoms with E-state index in [9.17, 15) is 9.18 Å². The molecule has 8 heteroatoms. The Hall–Kier alpha value is -3.42. The summed E-state index contributed by atoms with van der Waals surface area (Å²) in [6.45, 7) is 0.592. The smallest absolute Gasteiger partial charge is 0.322 e. The first kappa shape index (κ1) is 18.9. The van der Waals surface area contributed by atoms with Gasteiger partial charge in [-0.1, -0.05) is 11.2 Å². The van der Waals surface area contributed by atoms with E-state index in [4.69, 9.17) is 9.26 Å². The second-order valence-corrected chi connectivity index (χ2v) is 6.83. The topological polar surface area (TPSA) is 80.5 Å². The first-order valence-corrected chi connectivity index (χ1v) is 9.45. The van der Waals surface area contributed by atoms with Gasteiger partial charge in [-0.05, 0) is 55.7 Å². The molecule has 1 fully saturated rings. The van der Waals surface area contributed by atoms with E-state index in [0.29, 0.717) is 35.3 Å². The molecule has 7 nitrogen and oxygen atoms in total. The zero-order valence-corrected chi connectivity index (χ0v) is 16.0. The number of methoxy groups -OCH3 is 1. The van der Waals surface area contributed by atoms with Gasteiger partial charge in [0.05, 0.1) is 7.11 Å². The second-order valence-electron chi connectivity index (χ2n) is 6.83. The van der Waals surface area contributed by atoms with Gasteiger partial charge in [-0.15, -0.1) is 0 Å². The molecule has 0 spiro atoms. The van der Waals surface area contributed by atoms with Crippen molar-refractivity contribution in [3.8, 4) is 17.1 Å². The lowest BCUT2D eigenvalue weighted by molar-refractivity contribution is 0.142. The van der Waals surface area contributed by atoms with Crippen LogP contribution in [0, 0.1) is 5.82 Å². The Labute approximate surface area is 167 Å². The van der Waals surface area contributed by atoms with Gasteiger partial charge in [0.25, 0.3) is 0 Å². The molecule has 150 valence electrons. The van der Waals surface area contributed by atoms with Crippen molar-refractivity contribution in [2.24, 2.45) is 0 Å². The number of likely N-dealkylation sites (tertiary alicyclic amines) is 1. The Morgan fingerprint density at radius 3 is 2.86 bits per heavy atom. The minimum atomic E-state index is -0.329. The average Bonchev–Trinajstić information content (AvgIpc) is 3.24. The predicted molar refractivity (Wildman–Crippen MR) is 105 cm³/mol. The second kappa shape index (κ2) is 8.30. The Balaban J connectivity index is 1.53. The molecule has 0 aliphatic carbocycles. The quantitative estimate of drug-likeness (QED) is 0.695. The third-order valence-electron chi connectivity index (χ3n) is 4.91. The lowest BCUT2D eigenvalue weighted by atomic mass is 10.0. The fraction of sp³-hybridized carbons (Fsp3) is 0.286. The summed E-state index contributed by atoms with van der Waals surface area (Å²) < 4.78 is 23.8. The number of anilines is 1. The van der Waals surface area contributed by atoms with Crippen LogP contribution in [0.2, 0.25) is 0 Å². The van der Waals surface area contributed by atoms with Crippen molar-refractivity contribution in [3.05, 3.63) is 60.2 Å². The maximum atomic E-state index is 13.1. The molecule has 0 unspecified atom stereocenters. The van der Waals surface area contributed by atoms with Crippen LogP contribution < -0.4 is 10.1 Å². The zero-order valence-electron chi connectivity index (χ0n) is 16.0. The summed E-state index contributed by atoms with van der Waals surface area (Å²) in [6.07, 6.45) is 2.60. The van der Waals surface area contributed by atoms with E-state index in [2.05, 4.69) is 15.5 Å². The van der Waals surface area contributed by atoms with E-state index in [1.54, 1.807) is 36.3 Å². The fourth-order valence-corrected chi connectivity index (χ4v) is 3.41. The summed E-state index contributed by atoms with van der Waals surface area (Å²) in [6, 6.07) is 12.5. The molecule has 2 amide bonds. The van der Waals surface area contributed by atoms with Gasteiger partial charge < -0.3 is 19.5 Å². The number of aromatic nitrogens is 2. The Kier molecular flexibility index (Phi) is 5.41. The minimum absolute atomic E-state index is 0.232. The van der Waals surface area contributed by atoms with Crippen LogP contribution in [-0.2, 0) is 0 Å². The average molecular weight is 396 g/mol. The number of benzene rings is 2. The number of hydrogen-bond donors (Lipinski definition) is 1. The zero-order chi connectivity index (χ0) is 20.2. The largest absolute Gasteiger partial charge is 0.497 e. The van der Waals surface area contributed by atoms with Crippen LogP contribution in [0.3, 0.4) is 0 Å². The molecule has 1 aliphatic rings. The molecule has 1 saturated heterocycles. The highest BCUT2D eigenvalue weighted by molar-refractivity contribution is 5.89. The molecule has 4 rings (SSSR count). The van der Waals surface area contributed by atoms with Gasteiger partial charge >= 0.3 is 6.03 Å². The maximum Gasteiger partial charge on any atom is 0.322 e. The molecule has 0 bridgehead atoms. The van der Waals surface area contributed by atoms with Gasteiger partial charge in [0.1, 0.15) is 17.6 Å². The Bertz CT molecular complexity index is 990. The molecule has 1 N–H and O–H groups in total. The van der Waals surface area contributed by atoms with Crippen molar-refractivity contribution in [2.45, 2.75) is 25.3 Å². The number of hydrogen-bond acceptors (Lipinski definition) is 5. The van der Waals surface area contributed by atoms with Crippen LogP contribution >= 0.6 is 0 Å². The number of nitrogens with one attached hydrogen (secondary N) is 1. The molecular formula is C21H21FN4O3. The van der Waals surface area contributed by atoms with Gasteiger partial charge in [0, 0.05) is 23.9 Å². The van der Waals surface area contributed by atoms with Gasteiger partial charge in [0.15, 0.2) is 0 Å². The van der Waals surface area contributed by atoms with Crippen molar-refractivity contribution < 1.29 is 18.4 Å². The number of nitrogens with zero attached hydrogens (tertiary/aromatic N) is 3. The maximum absolute atomic E-state index is 13.1. The number of ether oxygens (including phenoxy) is 1. The number of piperidine rings is 1. The summed E-state index contributed by atoms with van der Waals surface area (Å²) in [7, 11) is 1.58. The number of rotatable bonds is 4. The Morgan fingerprint density at radius 1 is 1.24 bits per heavy atom. The van der Waals surface area contributed by atoms with Gasteiger partial charge in [-0.25, -0.2) is 9.18 Å². The fourth-order valence-electron chi connectivity index (χ4n) is 3.41. The predicted octanol–water partition coefficient (Wildman–Crippen LogP) is 4.64. The van der Waals surface area contributed by atoms with Crippen LogP contribution in [0.15, 0.2) is 53.1 Å². The molecule has 2 heterocycles. The molecule has 3 aromatic rings. The lowest BCUT2D eigenvalue weighted by Crippen LogP contribution is -2.41. The van der Waals surface area contributed by atoms with Gasteiger partial charge in [-0.3, -0.25) is 0 Å². The molecule has 29 heavy (non-hydrogen) atoms. The van der Waals surface area contributed by atoms with Crippen LogP contribution in [0.5, 0.6) is 5.75 Å². The van der Waals surface area contributed by atoms with Crippen molar-refractivity contribution in [3.63, 3.8) is 0 Å². The number of halogens is 1. The highest BCUT2D eigenvalue weighted by Gasteiger charge is 2.32. The molecule has 2 aromatic carbocycles. The molecule has 1 aromatic heterocycles. The Morgan fingerprint density at radius 2 is 2.07 bits per heavy atom. The minimum Gasteiger partial charge on any atom is -0.497 e. The highest BCUT2D eigenvalue weighted by atomic mass is 19.1. The highest BCUT2D eigenvalue weighted by Crippen LogP contribution is 2.32. The van der Waals surface area contributed by atoms with Crippen LogP contribution in [0.25, 0.3) is 11.4 Å². The summed E-state index contributed by atoms with van der Waals surface area (Å²) in [5, 5.41) is 6.91. The van der Waals surface area contributed by atoms with Crippen molar-refractivity contribution in [2.75, 3.05) is 19.0 Å². The monoisotopic (exact) mass is 396 g/mol. The number of amides is 2. The van der Waals surface area contributed by atoms with Crippen molar-refractivity contribution in [1.82, 2.24) is 15.0 Å². The van der Waals surface area contributed by atoms with Crippen molar-refractivity contribution in [1.29, 1.82) is 0 Å². The van der Waals surface area contributed by atoms with E-state index in [-0.39, 0.29) is 17.9 Å². The van der Waals surface area contributed by atoms with Crippen molar-refractivity contribution >= 4 is 11.7 Å². The third-order valence-corrected chi connectivity index (χ3v) is 4.91. The van der Waals surface area contributed by atoms with E-state index >= 15 is 0 Å². The first-order chi connectivity index (χ1) is 14.1. The first-order valence-electron chi connectivity index (χ1n) is 9.45. The van der Waals surface area contributed by atoms with Crippen LogP contribution in [0.1, 0.15) is 31.2 Å². The summed E-state index contributed by atoms with van der Waals surface area (Å²) in [4.78, 5) is 19.1. The SMILES string of the molecule is COc1cccc(NC(=O)N2CCCC[C@H]2c2nc(-c3ccc(F)cc3)no2)c1. The number of urea groups is 1. The summed E-state index contributed by atoms with van der Waals surface area (Å²) in [5.74, 6) is 1.09. The van der Waals surface area contributed by atoms with Crippen LogP contribution in [-0.4, -0.2) is 34.7 Å². The standard InChI is InChI=1S/C21H21FN4O3/c1-28-17-6-4-5-16(13-17)23-21(27)26-12-3-2-7-18(26)20-24-19(25-29-20)14-8-10-15(22)11-9-14/h4-6,8-11,13,18H,2-3,7,12H2,1H3,(H,23,27)/t18-/m0/s1. The van der Waals surface area contributed by atoms with E-state index < -0.39 is 0 Å². The van der Waals surface area contributed by atoms with Gasteiger partial charge in [-0.2, -0.15) is 4.98 Å². The molecule has 0 saturated carbocycles. The number of carbonyl (C=O) groups excluding carboxylic acids is 1. The van der Waals surface area contributed by atoms with E-state index in [1.165, 1.54) is 12.1 Å². The summed E-state index contributed by atoms with van der Waals surface area (Å²) >= 11 is 0. The summed E-state index contributed by atoms with van der Waals surface area (Å²) in [5.41, 5.74) is 1.31. The third kappa shape index (κ3) is 4.21. The van der Waals surface area contributed by atoms with E-state index in [1.807, 2.05) is 12.1 Å².